The van der Waals surface area contributed by atoms with Gasteiger partial charge in [0.15, 0.2) is 0 Å². The van der Waals surface area contributed by atoms with Crippen LogP contribution in [0.3, 0.4) is 0 Å². The minimum atomic E-state index is 0.207. The number of hydrogen-bond donors (Lipinski definition) is 1. The molecule has 3 aromatic rings. The molecule has 3 rings (SSSR count). The van der Waals surface area contributed by atoms with Crippen molar-refractivity contribution in [2.45, 2.75) is 19.4 Å². The van der Waals surface area contributed by atoms with Crippen LogP contribution in [0.5, 0.6) is 0 Å². The molecular weight excluding hydrogens is 266 g/mol. The third-order valence-electron chi connectivity index (χ3n) is 3.57. The second-order valence-corrected chi connectivity index (χ2v) is 5.87. The molecule has 1 unspecified atom stereocenters. The number of thiophene rings is 1. The van der Waals surface area contributed by atoms with Crippen molar-refractivity contribution >= 4 is 21.4 Å². The molecule has 104 valence electrons. The highest BCUT2D eigenvalue weighted by Crippen LogP contribution is 2.33. The molecule has 0 saturated carbocycles. The highest BCUT2D eigenvalue weighted by atomic mass is 32.1. The summed E-state index contributed by atoms with van der Waals surface area (Å²) in [6.07, 6.45) is 2.99. The fourth-order valence-corrected chi connectivity index (χ4v) is 3.54. The lowest BCUT2D eigenvalue weighted by molar-refractivity contribution is 0.557. The zero-order chi connectivity index (χ0) is 13.9. The van der Waals surface area contributed by atoms with Gasteiger partial charge < -0.3 is 5.32 Å². The van der Waals surface area contributed by atoms with Gasteiger partial charge in [-0.25, -0.2) is 0 Å². The summed E-state index contributed by atoms with van der Waals surface area (Å²) in [4.78, 5) is 0. The van der Waals surface area contributed by atoms with Gasteiger partial charge in [0, 0.05) is 17.9 Å². The smallest absolute Gasteiger partial charge is 0.0762 e. The Morgan fingerprint density at radius 2 is 2.15 bits per heavy atom. The molecule has 1 N–H and O–H groups in total. The van der Waals surface area contributed by atoms with Crippen molar-refractivity contribution in [1.29, 1.82) is 0 Å². The lowest BCUT2D eigenvalue weighted by Gasteiger charge is -2.18. The first-order valence-corrected chi connectivity index (χ1v) is 7.86. The molecule has 0 saturated heterocycles. The van der Waals surface area contributed by atoms with E-state index in [0.717, 1.165) is 13.0 Å². The van der Waals surface area contributed by atoms with Gasteiger partial charge in [-0.05, 0) is 41.4 Å². The van der Waals surface area contributed by atoms with Crippen molar-refractivity contribution in [3.8, 4) is 0 Å². The Bertz CT molecular complexity index is 698. The third kappa shape index (κ3) is 2.37. The van der Waals surface area contributed by atoms with E-state index >= 15 is 0 Å². The monoisotopic (exact) mass is 285 g/mol. The van der Waals surface area contributed by atoms with Crippen molar-refractivity contribution in [2.75, 3.05) is 6.54 Å². The minimum absolute atomic E-state index is 0.207. The predicted molar refractivity (Wildman–Crippen MR) is 85.2 cm³/mol. The van der Waals surface area contributed by atoms with Gasteiger partial charge in [-0.3, -0.25) is 4.68 Å². The van der Waals surface area contributed by atoms with Crippen molar-refractivity contribution in [1.82, 2.24) is 15.1 Å². The van der Waals surface area contributed by atoms with E-state index in [-0.39, 0.29) is 6.04 Å². The largest absolute Gasteiger partial charge is 0.305 e. The maximum Gasteiger partial charge on any atom is 0.0762 e. The summed E-state index contributed by atoms with van der Waals surface area (Å²) in [7, 11) is 2.00. The zero-order valence-electron chi connectivity index (χ0n) is 11.8. The molecule has 1 atom stereocenters. The van der Waals surface area contributed by atoms with Crippen LogP contribution in [-0.4, -0.2) is 16.3 Å². The second-order valence-electron chi connectivity index (χ2n) is 4.95. The number of nitrogens with one attached hydrogen (secondary N) is 1. The molecule has 0 amide bonds. The van der Waals surface area contributed by atoms with E-state index in [1.807, 2.05) is 29.3 Å². The van der Waals surface area contributed by atoms with Gasteiger partial charge in [0.05, 0.1) is 11.7 Å². The van der Waals surface area contributed by atoms with Gasteiger partial charge >= 0.3 is 0 Å². The van der Waals surface area contributed by atoms with E-state index in [0.29, 0.717) is 0 Å². The first-order chi connectivity index (χ1) is 9.81. The number of aryl methyl sites for hydroxylation is 1. The molecule has 0 radical (unpaired) electrons. The summed E-state index contributed by atoms with van der Waals surface area (Å²) in [6.45, 7) is 3.19. The van der Waals surface area contributed by atoms with Crippen LogP contribution in [0.2, 0.25) is 0 Å². The Balaban J connectivity index is 2.07. The Morgan fingerprint density at radius 1 is 1.30 bits per heavy atom. The van der Waals surface area contributed by atoms with Crippen LogP contribution in [0, 0.1) is 0 Å². The van der Waals surface area contributed by atoms with E-state index in [2.05, 4.69) is 53.1 Å². The van der Waals surface area contributed by atoms with Crippen molar-refractivity contribution in [3.05, 3.63) is 53.2 Å². The molecule has 2 aromatic heterocycles. The van der Waals surface area contributed by atoms with Crippen LogP contribution in [0.1, 0.15) is 30.6 Å². The topological polar surface area (TPSA) is 29.9 Å². The highest BCUT2D eigenvalue weighted by Gasteiger charge is 2.19. The molecule has 0 bridgehead atoms. The summed E-state index contributed by atoms with van der Waals surface area (Å²) in [5, 5.41) is 11.6. The van der Waals surface area contributed by atoms with Crippen LogP contribution in [0.4, 0.5) is 0 Å². The Morgan fingerprint density at radius 3 is 2.90 bits per heavy atom. The molecule has 0 fully saturated rings. The number of hydrogen-bond acceptors (Lipinski definition) is 3. The van der Waals surface area contributed by atoms with Crippen LogP contribution in [0.25, 0.3) is 10.1 Å². The van der Waals surface area contributed by atoms with Crippen molar-refractivity contribution < 1.29 is 0 Å². The standard InChI is InChI=1S/C16H19N3S/c1-3-9-17-16(14-8-10-18-19(14)2)13-11-20-15-7-5-4-6-12(13)15/h4-8,10-11,16-17H,3,9H2,1-2H3. The fraction of sp³-hybridized carbons (Fsp3) is 0.312. The highest BCUT2D eigenvalue weighted by molar-refractivity contribution is 7.17. The molecule has 1 aromatic carbocycles. The van der Waals surface area contributed by atoms with E-state index in [9.17, 15) is 0 Å². The normalized spacial score (nSPS) is 12.9. The summed E-state index contributed by atoms with van der Waals surface area (Å²) >= 11 is 1.81. The number of nitrogens with zero attached hydrogens (tertiary/aromatic N) is 2. The number of aromatic nitrogens is 2. The van der Waals surface area contributed by atoms with Crippen LogP contribution in [0.15, 0.2) is 41.9 Å². The Hall–Kier alpha value is -1.65. The van der Waals surface area contributed by atoms with Gasteiger partial charge in [-0.2, -0.15) is 5.10 Å². The maximum absolute atomic E-state index is 4.32. The first kappa shape index (κ1) is 13.3. The minimum Gasteiger partial charge on any atom is -0.305 e. The predicted octanol–water partition coefficient (Wildman–Crippen LogP) is 3.72. The molecule has 0 spiro atoms. The van der Waals surface area contributed by atoms with E-state index < -0.39 is 0 Å². The number of rotatable bonds is 5. The van der Waals surface area contributed by atoms with Gasteiger partial charge in [0.25, 0.3) is 0 Å². The van der Waals surface area contributed by atoms with Crippen LogP contribution < -0.4 is 5.32 Å². The lowest BCUT2D eigenvalue weighted by atomic mass is 10.0. The molecule has 20 heavy (non-hydrogen) atoms. The fourth-order valence-electron chi connectivity index (χ4n) is 2.55. The van der Waals surface area contributed by atoms with Gasteiger partial charge in [-0.15, -0.1) is 11.3 Å². The molecule has 3 nitrogen and oxygen atoms in total. The molecule has 0 aliphatic carbocycles. The summed E-state index contributed by atoms with van der Waals surface area (Å²) < 4.78 is 3.30. The molecule has 4 heteroatoms. The SMILES string of the molecule is CCCNC(c1csc2ccccc12)c1ccnn1C. The molecule has 2 heterocycles. The zero-order valence-corrected chi connectivity index (χ0v) is 12.7. The van der Waals surface area contributed by atoms with Gasteiger partial charge in [0.2, 0.25) is 0 Å². The maximum atomic E-state index is 4.32. The summed E-state index contributed by atoms with van der Waals surface area (Å²) in [5.41, 5.74) is 2.56. The average Bonchev–Trinajstić information content (AvgIpc) is 3.07. The molecular formula is C16H19N3S. The Kier molecular flexibility index (Phi) is 3.85. The van der Waals surface area contributed by atoms with E-state index in [1.165, 1.54) is 21.3 Å². The number of fused-ring (bicyclic) bond motifs is 1. The van der Waals surface area contributed by atoms with Crippen molar-refractivity contribution in [3.63, 3.8) is 0 Å². The Labute approximate surface area is 123 Å². The van der Waals surface area contributed by atoms with E-state index in [1.54, 1.807) is 0 Å². The van der Waals surface area contributed by atoms with Crippen LogP contribution >= 0.6 is 11.3 Å². The molecule has 0 aliphatic heterocycles. The first-order valence-electron chi connectivity index (χ1n) is 6.98. The van der Waals surface area contributed by atoms with Crippen molar-refractivity contribution in [2.24, 2.45) is 7.05 Å². The summed E-state index contributed by atoms with van der Waals surface area (Å²) in [5.74, 6) is 0. The quantitative estimate of drug-likeness (QED) is 0.774. The average molecular weight is 285 g/mol. The third-order valence-corrected chi connectivity index (χ3v) is 4.56. The second kappa shape index (κ2) is 5.77. The lowest BCUT2D eigenvalue weighted by Crippen LogP contribution is -2.25. The summed E-state index contributed by atoms with van der Waals surface area (Å²) in [6, 6.07) is 10.9. The van der Waals surface area contributed by atoms with Gasteiger partial charge in [-0.1, -0.05) is 25.1 Å². The number of benzene rings is 1. The van der Waals surface area contributed by atoms with Gasteiger partial charge in [0.1, 0.15) is 0 Å². The van der Waals surface area contributed by atoms with E-state index in [4.69, 9.17) is 0 Å². The molecule has 0 aliphatic rings. The van der Waals surface area contributed by atoms with Crippen LogP contribution in [-0.2, 0) is 7.05 Å².